The van der Waals surface area contributed by atoms with Gasteiger partial charge in [0, 0.05) is 31.1 Å². The van der Waals surface area contributed by atoms with Crippen molar-refractivity contribution >= 4 is 0 Å². The minimum absolute atomic E-state index is 0.323. The molecule has 0 aromatic carbocycles. The van der Waals surface area contributed by atoms with E-state index in [-0.39, 0.29) is 0 Å². The van der Waals surface area contributed by atoms with Crippen molar-refractivity contribution in [3.05, 3.63) is 30.1 Å². The van der Waals surface area contributed by atoms with E-state index in [1.54, 1.807) is 6.20 Å². The van der Waals surface area contributed by atoms with Crippen molar-refractivity contribution in [3.8, 4) is 0 Å². The summed E-state index contributed by atoms with van der Waals surface area (Å²) in [5.74, 6) is 0. The van der Waals surface area contributed by atoms with Gasteiger partial charge in [0.1, 0.15) is 0 Å². The van der Waals surface area contributed by atoms with Crippen LogP contribution in [0.2, 0.25) is 0 Å². The molecular weight excluding hydrogens is 188 g/mol. The van der Waals surface area contributed by atoms with E-state index in [1.807, 2.05) is 12.3 Å². The fraction of sp³-hybridized carbons (Fsp3) is 0.583. The molecule has 3 atom stereocenters. The van der Waals surface area contributed by atoms with Gasteiger partial charge < -0.3 is 10.1 Å². The van der Waals surface area contributed by atoms with Crippen LogP contribution in [0.3, 0.4) is 0 Å². The van der Waals surface area contributed by atoms with Gasteiger partial charge in [0.2, 0.25) is 0 Å². The molecular formula is C12H18N2O. The molecule has 1 fully saturated rings. The zero-order valence-electron chi connectivity index (χ0n) is 9.31. The van der Waals surface area contributed by atoms with E-state index in [4.69, 9.17) is 4.74 Å². The van der Waals surface area contributed by atoms with E-state index in [1.165, 1.54) is 5.56 Å². The number of rotatable bonds is 3. The number of ether oxygens (including phenoxy) is 1. The number of hydrogen-bond acceptors (Lipinski definition) is 3. The molecule has 3 nitrogen and oxygen atoms in total. The molecule has 1 aromatic heterocycles. The van der Waals surface area contributed by atoms with Crippen molar-refractivity contribution in [1.82, 2.24) is 10.3 Å². The lowest BCUT2D eigenvalue weighted by Crippen LogP contribution is -2.36. The van der Waals surface area contributed by atoms with Crippen LogP contribution in [-0.2, 0) is 4.74 Å². The Morgan fingerprint density at radius 2 is 2.47 bits per heavy atom. The molecule has 1 N–H and O–H groups in total. The lowest BCUT2D eigenvalue weighted by atomic mass is 10.1. The van der Waals surface area contributed by atoms with Crippen molar-refractivity contribution in [2.75, 3.05) is 6.61 Å². The molecule has 2 heterocycles. The van der Waals surface area contributed by atoms with Gasteiger partial charge in [-0.3, -0.25) is 4.98 Å². The first-order chi connectivity index (χ1) is 7.27. The minimum Gasteiger partial charge on any atom is -0.377 e. The Kier molecular flexibility index (Phi) is 3.34. The molecule has 0 unspecified atom stereocenters. The lowest BCUT2D eigenvalue weighted by Gasteiger charge is -2.21. The monoisotopic (exact) mass is 206 g/mol. The zero-order valence-corrected chi connectivity index (χ0v) is 9.31. The standard InChI is InChI=1S/C12H18N2O/c1-9(11-4-3-6-13-8-11)14-12-5-7-15-10(12)2/h3-4,6,8-10,12,14H,5,7H2,1-2H3/t9-,10+,12+/m0/s1. The molecule has 2 rings (SSSR count). The predicted molar refractivity (Wildman–Crippen MR) is 59.6 cm³/mol. The first kappa shape index (κ1) is 10.6. The fourth-order valence-corrected chi connectivity index (χ4v) is 2.00. The van der Waals surface area contributed by atoms with Gasteiger partial charge in [-0.15, -0.1) is 0 Å². The van der Waals surface area contributed by atoms with E-state index in [2.05, 4.69) is 30.2 Å². The molecule has 82 valence electrons. The predicted octanol–water partition coefficient (Wildman–Crippen LogP) is 1.91. The molecule has 0 saturated carbocycles. The number of nitrogens with one attached hydrogen (secondary N) is 1. The first-order valence-corrected chi connectivity index (χ1v) is 5.55. The van der Waals surface area contributed by atoms with Crippen molar-refractivity contribution in [3.63, 3.8) is 0 Å². The summed E-state index contributed by atoms with van der Waals surface area (Å²) in [7, 11) is 0. The van der Waals surface area contributed by atoms with E-state index in [0.29, 0.717) is 18.2 Å². The minimum atomic E-state index is 0.323. The molecule has 1 aliphatic rings. The fourth-order valence-electron chi connectivity index (χ4n) is 2.00. The quantitative estimate of drug-likeness (QED) is 0.820. The summed E-state index contributed by atoms with van der Waals surface area (Å²) in [6, 6.07) is 4.89. The van der Waals surface area contributed by atoms with Gasteiger partial charge in [0.05, 0.1) is 6.10 Å². The summed E-state index contributed by atoms with van der Waals surface area (Å²) in [6.07, 6.45) is 5.14. The highest BCUT2D eigenvalue weighted by Gasteiger charge is 2.25. The molecule has 1 aliphatic heterocycles. The smallest absolute Gasteiger partial charge is 0.0700 e. The van der Waals surface area contributed by atoms with Crippen molar-refractivity contribution in [2.24, 2.45) is 0 Å². The number of aromatic nitrogens is 1. The molecule has 1 saturated heterocycles. The van der Waals surface area contributed by atoms with Crippen LogP contribution in [0.25, 0.3) is 0 Å². The summed E-state index contributed by atoms with van der Waals surface area (Å²) >= 11 is 0. The molecule has 0 radical (unpaired) electrons. The maximum absolute atomic E-state index is 5.52. The molecule has 3 heteroatoms. The third kappa shape index (κ3) is 2.55. The SMILES string of the molecule is C[C@H](N[C@@H]1CCO[C@@H]1C)c1cccnc1. The summed E-state index contributed by atoms with van der Waals surface area (Å²) in [4.78, 5) is 4.13. The second kappa shape index (κ2) is 4.73. The average molecular weight is 206 g/mol. The van der Waals surface area contributed by atoms with Crippen LogP contribution in [0.4, 0.5) is 0 Å². The van der Waals surface area contributed by atoms with E-state index in [9.17, 15) is 0 Å². The van der Waals surface area contributed by atoms with E-state index >= 15 is 0 Å². The highest BCUT2D eigenvalue weighted by molar-refractivity contribution is 5.13. The molecule has 0 spiro atoms. The van der Waals surface area contributed by atoms with Gasteiger partial charge >= 0.3 is 0 Å². The van der Waals surface area contributed by atoms with Gasteiger partial charge in [-0.25, -0.2) is 0 Å². The van der Waals surface area contributed by atoms with Gasteiger partial charge in [-0.2, -0.15) is 0 Å². The van der Waals surface area contributed by atoms with E-state index in [0.717, 1.165) is 13.0 Å². The molecule has 0 bridgehead atoms. The third-order valence-corrected chi connectivity index (χ3v) is 3.02. The first-order valence-electron chi connectivity index (χ1n) is 5.55. The van der Waals surface area contributed by atoms with Gasteiger partial charge in [-0.1, -0.05) is 6.07 Å². The number of pyridine rings is 1. The normalized spacial score (nSPS) is 27.9. The van der Waals surface area contributed by atoms with Gasteiger partial charge in [0.15, 0.2) is 0 Å². The molecule has 15 heavy (non-hydrogen) atoms. The Balaban J connectivity index is 1.95. The number of hydrogen-bond donors (Lipinski definition) is 1. The average Bonchev–Trinajstić information content (AvgIpc) is 2.66. The van der Waals surface area contributed by atoms with E-state index < -0.39 is 0 Å². The Labute approximate surface area is 90.9 Å². The maximum atomic E-state index is 5.52. The summed E-state index contributed by atoms with van der Waals surface area (Å²) in [5, 5.41) is 3.58. The van der Waals surface area contributed by atoms with Crippen LogP contribution >= 0.6 is 0 Å². The van der Waals surface area contributed by atoms with Crippen LogP contribution in [0.15, 0.2) is 24.5 Å². The lowest BCUT2D eigenvalue weighted by molar-refractivity contribution is 0.111. The van der Waals surface area contributed by atoms with Crippen molar-refractivity contribution in [1.29, 1.82) is 0 Å². The molecule has 1 aromatic rings. The largest absolute Gasteiger partial charge is 0.377 e. The Morgan fingerprint density at radius 3 is 3.07 bits per heavy atom. The highest BCUT2D eigenvalue weighted by Crippen LogP contribution is 2.18. The maximum Gasteiger partial charge on any atom is 0.0700 e. The van der Waals surface area contributed by atoms with Gasteiger partial charge in [0.25, 0.3) is 0 Å². The highest BCUT2D eigenvalue weighted by atomic mass is 16.5. The topological polar surface area (TPSA) is 34.1 Å². The Hall–Kier alpha value is -0.930. The van der Waals surface area contributed by atoms with Crippen LogP contribution in [-0.4, -0.2) is 23.7 Å². The van der Waals surface area contributed by atoms with Crippen LogP contribution in [0, 0.1) is 0 Å². The molecule has 0 amide bonds. The Morgan fingerprint density at radius 1 is 1.60 bits per heavy atom. The Bertz CT molecular complexity index is 302. The second-order valence-electron chi connectivity index (χ2n) is 4.15. The third-order valence-electron chi connectivity index (χ3n) is 3.02. The molecule has 0 aliphatic carbocycles. The van der Waals surface area contributed by atoms with Crippen LogP contribution in [0.5, 0.6) is 0 Å². The summed E-state index contributed by atoms with van der Waals surface area (Å²) in [5.41, 5.74) is 1.23. The number of nitrogens with zero attached hydrogens (tertiary/aromatic N) is 1. The van der Waals surface area contributed by atoms with Crippen LogP contribution in [0.1, 0.15) is 31.9 Å². The summed E-state index contributed by atoms with van der Waals surface area (Å²) in [6.45, 7) is 5.17. The van der Waals surface area contributed by atoms with Crippen LogP contribution < -0.4 is 5.32 Å². The summed E-state index contributed by atoms with van der Waals surface area (Å²) < 4.78 is 5.52. The van der Waals surface area contributed by atoms with Crippen molar-refractivity contribution < 1.29 is 4.74 Å². The van der Waals surface area contributed by atoms with Crippen molar-refractivity contribution in [2.45, 2.75) is 38.5 Å². The zero-order chi connectivity index (χ0) is 10.7. The van der Waals surface area contributed by atoms with Gasteiger partial charge in [-0.05, 0) is 31.9 Å². The second-order valence-corrected chi connectivity index (χ2v) is 4.15.